The van der Waals surface area contributed by atoms with Gasteiger partial charge in [0.15, 0.2) is 0 Å². The molecule has 0 atom stereocenters. The minimum Gasteiger partial charge on any atom is -0.481 e. The van der Waals surface area contributed by atoms with Gasteiger partial charge in [-0.25, -0.2) is 18.1 Å². The summed E-state index contributed by atoms with van der Waals surface area (Å²) >= 11 is 3.24. The number of pyridine rings is 1. The smallest absolute Gasteiger partial charge is 0.266 e. The van der Waals surface area contributed by atoms with Gasteiger partial charge in [0, 0.05) is 18.0 Å². The molecule has 0 saturated heterocycles. The van der Waals surface area contributed by atoms with Crippen LogP contribution in [0.2, 0.25) is 0 Å². The third-order valence-electron chi connectivity index (χ3n) is 3.79. The number of ether oxygens (including phenoxy) is 2. The van der Waals surface area contributed by atoms with Gasteiger partial charge < -0.3 is 14.5 Å². The van der Waals surface area contributed by atoms with Gasteiger partial charge in [-0.3, -0.25) is 0 Å². The lowest BCUT2D eigenvalue weighted by Crippen LogP contribution is -2.16. The maximum atomic E-state index is 12.8. The van der Waals surface area contributed by atoms with E-state index in [0.29, 0.717) is 27.6 Å². The zero-order chi connectivity index (χ0) is 20.3. The van der Waals surface area contributed by atoms with E-state index < -0.39 is 10.0 Å². The minimum absolute atomic E-state index is 0.00223. The van der Waals surface area contributed by atoms with E-state index in [4.69, 9.17) is 14.7 Å². The molecule has 146 valence electrons. The van der Waals surface area contributed by atoms with Crippen molar-refractivity contribution in [2.24, 2.45) is 0 Å². The Labute approximate surface area is 169 Å². The third-order valence-corrected chi connectivity index (χ3v) is 5.60. The van der Waals surface area contributed by atoms with Gasteiger partial charge in [0.1, 0.15) is 15.1 Å². The highest BCUT2D eigenvalue weighted by molar-refractivity contribution is 9.10. The third kappa shape index (κ3) is 3.85. The highest BCUT2D eigenvalue weighted by atomic mass is 79.9. The molecule has 0 saturated carbocycles. The Morgan fingerprint density at radius 3 is 2.50 bits per heavy atom. The van der Waals surface area contributed by atoms with Crippen LogP contribution in [0.5, 0.6) is 11.8 Å². The number of nitrogens with one attached hydrogen (secondary N) is 2. The highest BCUT2D eigenvalue weighted by Gasteiger charge is 2.23. The maximum absolute atomic E-state index is 12.8. The molecular weight excluding hydrogens is 452 g/mol. The van der Waals surface area contributed by atoms with E-state index in [2.05, 4.69) is 40.6 Å². The van der Waals surface area contributed by atoms with Gasteiger partial charge in [-0.15, -0.1) is 0 Å². The van der Waals surface area contributed by atoms with E-state index in [1.807, 2.05) is 6.07 Å². The van der Waals surface area contributed by atoms with Crippen LogP contribution in [0.25, 0.3) is 11.0 Å². The normalized spacial score (nSPS) is 11.2. The molecule has 0 aliphatic heterocycles. The number of nitrogens with zero attached hydrogens (tertiary/aromatic N) is 4. The quantitative estimate of drug-likeness (QED) is 0.505. The van der Waals surface area contributed by atoms with Crippen molar-refractivity contribution in [1.29, 1.82) is 5.26 Å². The number of hydrogen-bond acceptors (Lipinski definition) is 8. The van der Waals surface area contributed by atoms with Crippen LogP contribution >= 0.6 is 15.9 Å². The molecule has 0 bridgehead atoms. The summed E-state index contributed by atoms with van der Waals surface area (Å²) in [7, 11) is -1.24. The van der Waals surface area contributed by atoms with E-state index >= 15 is 0 Å². The van der Waals surface area contributed by atoms with E-state index in [1.165, 1.54) is 20.4 Å². The van der Waals surface area contributed by atoms with E-state index in [9.17, 15) is 8.42 Å². The average molecular weight is 467 g/mol. The number of H-pyrrole nitrogens is 1. The molecule has 0 spiro atoms. The maximum Gasteiger partial charge on any atom is 0.266 e. The summed E-state index contributed by atoms with van der Waals surface area (Å²) in [6, 6.07) is 5.29. The Kier molecular flexibility index (Phi) is 5.66. The van der Waals surface area contributed by atoms with Gasteiger partial charge in [0.25, 0.3) is 10.0 Å². The number of halogens is 1. The predicted molar refractivity (Wildman–Crippen MR) is 104 cm³/mol. The molecule has 0 fully saturated rings. The molecule has 0 unspecified atom stereocenters. The van der Waals surface area contributed by atoms with Gasteiger partial charge in [0.2, 0.25) is 17.7 Å². The van der Waals surface area contributed by atoms with E-state index in [1.54, 1.807) is 12.1 Å². The number of aromatic nitrogens is 4. The second kappa shape index (κ2) is 7.99. The van der Waals surface area contributed by atoms with Crippen molar-refractivity contribution in [3.05, 3.63) is 28.5 Å². The number of fused-ring (bicyclic) bond motifs is 1. The molecule has 0 aliphatic rings. The average Bonchev–Trinajstić information content (AvgIpc) is 3.09. The summed E-state index contributed by atoms with van der Waals surface area (Å²) in [5.74, 6) is 0.0440. The topological polar surface area (TPSA) is 143 Å². The van der Waals surface area contributed by atoms with Gasteiger partial charge in [-0.2, -0.15) is 15.2 Å². The lowest BCUT2D eigenvalue weighted by Gasteiger charge is -2.13. The van der Waals surface area contributed by atoms with Crippen molar-refractivity contribution in [3.8, 4) is 17.8 Å². The highest BCUT2D eigenvalue weighted by Crippen LogP contribution is 2.30. The summed E-state index contributed by atoms with van der Waals surface area (Å²) in [5, 5.41) is 9.21. The number of anilines is 1. The van der Waals surface area contributed by atoms with Crippen molar-refractivity contribution in [3.63, 3.8) is 0 Å². The fourth-order valence-electron chi connectivity index (χ4n) is 2.58. The molecular formula is C16H15BrN6O4S. The first-order valence-corrected chi connectivity index (χ1v) is 10.2. The van der Waals surface area contributed by atoms with Gasteiger partial charge in [0.05, 0.1) is 25.9 Å². The Hall–Kier alpha value is -2.91. The Morgan fingerprint density at radius 2 is 1.89 bits per heavy atom. The zero-order valence-corrected chi connectivity index (χ0v) is 17.3. The molecule has 0 aromatic carbocycles. The summed E-state index contributed by atoms with van der Waals surface area (Å²) < 4.78 is 39.0. The molecule has 12 heteroatoms. The Balaban J connectivity index is 2.00. The fraction of sp³-hybridized carbons (Fsp3) is 0.250. The first kappa shape index (κ1) is 19.8. The molecule has 3 rings (SSSR count). The second-order valence-corrected chi connectivity index (χ2v) is 7.95. The molecule has 2 N–H and O–H groups in total. The number of sulfonamides is 1. The minimum atomic E-state index is -4.01. The monoisotopic (exact) mass is 466 g/mol. The Bertz CT molecular complexity index is 1150. The molecule has 0 radical (unpaired) electrons. The molecule has 0 amide bonds. The largest absolute Gasteiger partial charge is 0.481 e. The van der Waals surface area contributed by atoms with Crippen molar-refractivity contribution < 1.29 is 17.9 Å². The summed E-state index contributed by atoms with van der Waals surface area (Å²) in [6.07, 6.45) is 1.85. The molecule has 28 heavy (non-hydrogen) atoms. The second-order valence-electron chi connectivity index (χ2n) is 5.49. The van der Waals surface area contributed by atoms with Crippen LogP contribution in [0.1, 0.15) is 12.0 Å². The van der Waals surface area contributed by atoms with Crippen LogP contribution in [0.3, 0.4) is 0 Å². The van der Waals surface area contributed by atoms with Crippen LogP contribution in [0, 0.1) is 11.3 Å². The van der Waals surface area contributed by atoms with Crippen LogP contribution in [0.4, 0.5) is 5.95 Å². The van der Waals surface area contributed by atoms with E-state index in [0.717, 1.165) is 0 Å². The number of nitriles is 1. The summed E-state index contributed by atoms with van der Waals surface area (Å²) in [5.41, 5.74) is 0.897. The molecule has 10 nitrogen and oxygen atoms in total. The standard InChI is InChI=1S/C16H15BrN6O4S/c1-26-14-10(4-3-7-18)15(27-2)22-16(21-14)23-28(24,25)11-8-19-13-9(11)5-6-12(17)20-13/h5-6,8H,3-4H2,1-2H3,(H,19,20)(H,21,22,23). The lowest BCUT2D eigenvalue weighted by molar-refractivity contribution is 0.364. The van der Waals surface area contributed by atoms with Crippen LogP contribution < -0.4 is 14.2 Å². The number of hydrogen-bond donors (Lipinski definition) is 2. The first-order valence-electron chi connectivity index (χ1n) is 7.92. The number of methoxy groups -OCH3 is 2. The predicted octanol–water partition coefficient (Wildman–Crippen LogP) is 2.39. The van der Waals surface area contributed by atoms with Gasteiger partial charge in [-0.1, -0.05) is 0 Å². The van der Waals surface area contributed by atoms with Crippen LogP contribution in [-0.2, 0) is 16.4 Å². The van der Waals surface area contributed by atoms with Crippen LogP contribution in [-0.4, -0.2) is 42.6 Å². The van der Waals surface area contributed by atoms with Crippen molar-refractivity contribution in [1.82, 2.24) is 19.9 Å². The summed E-state index contributed by atoms with van der Waals surface area (Å²) in [4.78, 5) is 15.2. The van der Waals surface area contributed by atoms with Crippen LogP contribution in [0.15, 0.2) is 27.8 Å². The first-order chi connectivity index (χ1) is 13.4. The SMILES string of the molecule is COc1nc(NS(=O)(=O)c2c[nH]c3nc(Br)ccc23)nc(OC)c1CCC#N. The summed E-state index contributed by atoms with van der Waals surface area (Å²) in [6.45, 7) is 0. The molecule has 3 heterocycles. The van der Waals surface area contributed by atoms with Gasteiger partial charge in [-0.05, 0) is 34.5 Å². The zero-order valence-electron chi connectivity index (χ0n) is 14.9. The molecule has 0 aliphatic carbocycles. The van der Waals surface area contributed by atoms with Crippen molar-refractivity contribution >= 4 is 42.9 Å². The number of rotatable bonds is 7. The molecule has 3 aromatic heterocycles. The van der Waals surface area contributed by atoms with Crippen molar-refractivity contribution in [2.45, 2.75) is 17.7 Å². The fourth-order valence-corrected chi connectivity index (χ4v) is 3.99. The number of aromatic amines is 1. The Morgan fingerprint density at radius 1 is 1.21 bits per heavy atom. The van der Waals surface area contributed by atoms with E-state index in [-0.39, 0.29) is 29.0 Å². The van der Waals surface area contributed by atoms with Gasteiger partial charge >= 0.3 is 0 Å². The molecule has 3 aromatic rings. The lowest BCUT2D eigenvalue weighted by atomic mass is 10.2. The van der Waals surface area contributed by atoms with Crippen molar-refractivity contribution in [2.75, 3.05) is 18.9 Å².